The van der Waals surface area contributed by atoms with Gasteiger partial charge in [0.15, 0.2) is 0 Å². The number of carbonyl (C=O) groups is 1. The maximum absolute atomic E-state index is 10.7. The molecule has 78 valence electrons. The summed E-state index contributed by atoms with van der Waals surface area (Å²) in [6.45, 7) is 2.10. The van der Waals surface area contributed by atoms with Gasteiger partial charge in [0, 0.05) is 6.54 Å². The second-order valence-corrected chi connectivity index (χ2v) is 3.04. The fourth-order valence-electron chi connectivity index (χ4n) is 1.18. The second-order valence-electron chi connectivity index (χ2n) is 3.04. The van der Waals surface area contributed by atoms with Crippen LogP contribution in [-0.4, -0.2) is 17.6 Å². The van der Waals surface area contributed by atoms with Crippen molar-refractivity contribution in [3.8, 4) is 0 Å². The number of hydrogen-bond donors (Lipinski definition) is 2. The van der Waals surface area contributed by atoms with E-state index in [9.17, 15) is 4.79 Å². The lowest BCUT2D eigenvalue weighted by molar-refractivity contribution is -0.138. The number of rotatable bonds is 3. The molecule has 1 unspecified atom stereocenters. The van der Waals surface area contributed by atoms with Crippen LogP contribution >= 0.6 is 12.4 Å². The molecular formula is C10H14ClNO2. The van der Waals surface area contributed by atoms with Crippen LogP contribution < -0.4 is 5.73 Å². The maximum atomic E-state index is 10.7. The maximum Gasteiger partial charge on any atom is 0.312 e. The van der Waals surface area contributed by atoms with E-state index in [4.69, 9.17) is 10.8 Å². The monoisotopic (exact) mass is 215 g/mol. The Morgan fingerprint density at radius 3 is 2.29 bits per heavy atom. The van der Waals surface area contributed by atoms with E-state index in [0.29, 0.717) is 0 Å². The minimum Gasteiger partial charge on any atom is -0.481 e. The van der Waals surface area contributed by atoms with Crippen molar-refractivity contribution in [1.29, 1.82) is 0 Å². The smallest absolute Gasteiger partial charge is 0.312 e. The normalized spacial score (nSPS) is 11.6. The van der Waals surface area contributed by atoms with Gasteiger partial charge in [0.2, 0.25) is 0 Å². The number of halogens is 1. The Balaban J connectivity index is 0.00000169. The number of carboxylic acids is 1. The Labute approximate surface area is 89.3 Å². The number of aliphatic carboxylic acids is 1. The van der Waals surface area contributed by atoms with Gasteiger partial charge in [-0.3, -0.25) is 4.79 Å². The standard InChI is InChI=1S/C10H13NO2.ClH/c1-7-2-4-8(5-3-7)9(6-11)10(12)13;/h2-5,9H,6,11H2,1H3,(H,12,13);1H. The molecule has 0 fully saturated rings. The van der Waals surface area contributed by atoms with Gasteiger partial charge in [0.1, 0.15) is 0 Å². The average molecular weight is 216 g/mol. The molecule has 0 spiro atoms. The topological polar surface area (TPSA) is 63.3 Å². The Kier molecular flexibility index (Phi) is 5.20. The zero-order valence-electron chi connectivity index (χ0n) is 7.93. The van der Waals surface area contributed by atoms with Gasteiger partial charge < -0.3 is 10.8 Å². The molecule has 0 aromatic heterocycles. The Morgan fingerprint density at radius 2 is 1.93 bits per heavy atom. The van der Waals surface area contributed by atoms with Gasteiger partial charge in [-0.1, -0.05) is 29.8 Å². The van der Waals surface area contributed by atoms with E-state index in [2.05, 4.69) is 0 Å². The highest BCUT2D eigenvalue weighted by Crippen LogP contribution is 2.15. The Morgan fingerprint density at radius 1 is 1.43 bits per heavy atom. The molecule has 1 rings (SSSR count). The highest BCUT2D eigenvalue weighted by atomic mass is 35.5. The molecule has 0 amide bonds. The van der Waals surface area contributed by atoms with Crippen LogP contribution in [0.3, 0.4) is 0 Å². The molecule has 0 aliphatic heterocycles. The minimum atomic E-state index is -0.869. The van der Waals surface area contributed by atoms with Crippen molar-refractivity contribution in [3.63, 3.8) is 0 Å². The summed E-state index contributed by atoms with van der Waals surface area (Å²) in [7, 11) is 0. The summed E-state index contributed by atoms with van der Waals surface area (Å²) in [5, 5.41) is 8.82. The van der Waals surface area contributed by atoms with Gasteiger partial charge in [-0.2, -0.15) is 0 Å². The first-order valence-electron chi connectivity index (χ1n) is 4.14. The molecule has 3 N–H and O–H groups in total. The summed E-state index contributed by atoms with van der Waals surface area (Å²) < 4.78 is 0. The first kappa shape index (κ1) is 12.9. The molecule has 1 atom stereocenters. The highest BCUT2D eigenvalue weighted by molar-refractivity contribution is 5.85. The summed E-state index contributed by atoms with van der Waals surface area (Å²) >= 11 is 0. The molecule has 3 nitrogen and oxygen atoms in total. The fourth-order valence-corrected chi connectivity index (χ4v) is 1.18. The third kappa shape index (κ3) is 3.01. The van der Waals surface area contributed by atoms with Crippen LogP contribution in [0.1, 0.15) is 17.0 Å². The van der Waals surface area contributed by atoms with Crippen molar-refractivity contribution >= 4 is 18.4 Å². The van der Waals surface area contributed by atoms with Gasteiger partial charge in [0.05, 0.1) is 5.92 Å². The van der Waals surface area contributed by atoms with Crippen molar-refractivity contribution < 1.29 is 9.90 Å². The van der Waals surface area contributed by atoms with Crippen LogP contribution in [0.4, 0.5) is 0 Å². The number of hydrogen-bond acceptors (Lipinski definition) is 2. The molecule has 1 aromatic rings. The lowest BCUT2D eigenvalue weighted by Crippen LogP contribution is -2.20. The van der Waals surface area contributed by atoms with Crippen molar-refractivity contribution in [2.45, 2.75) is 12.8 Å². The second kappa shape index (κ2) is 5.62. The van der Waals surface area contributed by atoms with Crippen LogP contribution in [0.2, 0.25) is 0 Å². The third-order valence-electron chi connectivity index (χ3n) is 2.01. The molecule has 0 aliphatic carbocycles. The number of benzene rings is 1. The van der Waals surface area contributed by atoms with Crippen LogP contribution in [0.5, 0.6) is 0 Å². The lowest BCUT2D eigenvalue weighted by atomic mass is 9.99. The number of aryl methyl sites for hydroxylation is 1. The highest BCUT2D eigenvalue weighted by Gasteiger charge is 2.16. The van der Waals surface area contributed by atoms with E-state index in [-0.39, 0.29) is 19.0 Å². The van der Waals surface area contributed by atoms with Gasteiger partial charge >= 0.3 is 5.97 Å². The van der Waals surface area contributed by atoms with E-state index < -0.39 is 11.9 Å². The third-order valence-corrected chi connectivity index (χ3v) is 2.01. The van der Waals surface area contributed by atoms with E-state index in [0.717, 1.165) is 11.1 Å². The molecule has 14 heavy (non-hydrogen) atoms. The molecule has 0 heterocycles. The van der Waals surface area contributed by atoms with Crippen molar-refractivity contribution in [3.05, 3.63) is 35.4 Å². The largest absolute Gasteiger partial charge is 0.481 e. The van der Waals surface area contributed by atoms with Crippen LogP contribution in [0.25, 0.3) is 0 Å². The average Bonchev–Trinajstić information content (AvgIpc) is 2.09. The molecule has 0 radical (unpaired) electrons. The first-order valence-corrected chi connectivity index (χ1v) is 4.14. The zero-order chi connectivity index (χ0) is 9.84. The van der Waals surface area contributed by atoms with Gasteiger partial charge in [-0.15, -0.1) is 12.4 Å². The SMILES string of the molecule is Cc1ccc(C(CN)C(=O)O)cc1.Cl. The van der Waals surface area contributed by atoms with Crippen molar-refractivity contribution in [2.24, 2.45) is 5.73 Å². The van der Waals surface area contributed by atoms with Crippen LogP contribution in [0.15, 0.2) is 24.3 Å². The molecular weight excluding hydrogens is 202 g/mol. The summed E-state index contributed by atoms with van der Waals surface area (Å²) in [6.07, 6.45) is 0. The lowest BCUT2D eigenvalue weighted by Gasteiger charge is -2.09. The van der Waals surface area contributed by atoms with Crippen molar-refractivity contribution in [1.82, 2.24) is 0 Å². The fraction of sp³-hybridized carbons (Fsp3) is 0.300. The summed E-state index contributed by atoms with van der Waals surface area (Å²) in [6, 6.07) is 7.39. The van der Waals surface area contributed by atoms with Gasteiger partial charge in [-0.25, -0.2) is 0 Å². The molecule has 0 saturated carbocycles. The van der Waals surface area contributed by atoms with Crippen LogP contribution in [0, 0.1) is 6.92 Å². The van der Waals surface area contributed by atoms with E-state index in [1.165, 1.54) is 0 Å². The summed E-state index contributed by atoms with van der Waals surface area (Å²) in [4.78, 5) is 10.7. The van der Waals surface area contributed by atoms with E-state index >= 15 is 0 Å². The van der Waals surface area contributed by atoms with Crippen molar-refractivity contribution in [2.75, 3.05) is 6.54 Å². The van der Waals surface area contributed by atoms with Crippen LogP contribution in [-0.2, 0) is 4.79 Å². The molecule has 0 aliphatic rings. The molecule has 4 heteroatoms. The van der Waals surface area contributed by atoms with Gasteiger partial charge in [-0.05, 0) is 12.5 Å². The summed E-state index contributed by atoms with van der Waals surface area (Å²) in [5.74, 6) is -1.45. The van der Waals surface area contributed by atoms with E-state index in [1.54, 1.807) is 12.1 Å². The summed E-state index contributed by atoms with van der Waals surface area (Å²) in [5.41, 5.74) is 7.24. The molecule has 1 aromatic carbocycles. The van der Waals surface area contributed by atoms with E-state index in [1.807, 2.05) is 19.1 Å². The quantitative estimate of drug-likeness (QED) is 0.804. The number of carboxylic acid groups (broad SMARTS) is 1. The first-order chi connectivity index (χ1) is 6.15. The zero-order valence-corrected chi connectivity index (χ0v) is 8.75. The van der Waals surface area contributed by atoms with Gasteiger partial charge in [0.25, 0.3) is 0 Å². The minimum absolute atomic E-state index is 0. The molecule has 0 bridgehead atoms. The predicted octanol–water partition coefficient (Wildman–Crippen LogP) is 1.54. The molecule has 0 saturated heterocycles. The number of nitrogens with two attached hydrogens (primary N) is 1. The Bertz CT molecular complexity index is 297. The predicted molar refractivity (Wildman–Crippen MR) is 57.9 cm³/mol. The Hall–Kier alpha value is -1.06.